The molecule has 2 amide bonds. The van der Waals surface area contributed by atoms with Crippen LogP contribution in [0.5, 0.6) is 0 Å². The number of nitrogens with one attached hydrogen (secondary N) is 3. The summed E-state index contributed by atoms with van der Waals surface area (Å²) < 4.78 is 12.9. The van der Waals surface area contributed by atoms with Crippen molar-refractivity contribution < 1.29 is 18.8 Å². The van der Waals surface area contributed by atoms with Gasteiger partial charge in [0, 0.05) is 11.6 Å². The second-order valence-corrected chi connectivity index (χ2v) is 19.1. The summed E-state index contributed by atoms with van der Waals surface area (Å²) >= 11 is 0. The first-order valence-electron chi connectivity index (χ1n) is 18.6. The first-order chi connectivity index (χ1) is 25.7. The fourth-order valence-corrected chi connectivity index (χ4v) is 12.1. The van der Waals surface area contributed by atoms with Crippen molar-refractivity contribution in [3.05, 3.63) is 150 Å². The fourth-order valence-electron chi connectivity index (χ4n) is 7.57. The minimum Gasteiger partial charge on any atom is -0.449 e. The van der Waals surface area contributed by atoms with E-state index in [1.807, 2.05) is 67.7 Å². The normalized spacial score (nSPS) is 13.1. The highest BCUT2D eigenvalue weighted by atomic mass is 28.4. The quantitative estimate of drug-likeness (QED) is 0.0753. The van der Waals surface area contributed by atoms with Crippen LogP contribution in [0, 0.1) is 0 Å². The molecule has 53 heavy (non-hydrogen) atoms. The van der Waals surface area contributed by atoms with Gasteiger partial charge in [-0.1, -0.05) is 142 Å². The Labute approximate surface area is 315 Å². The smallest absolute Gasteiger partial charge is 0.407 e. The molecule has 274 valence electrons. The Hall–Kier alpha value is -5.02. The summed E-state index contributed by atoms with van der Waals surface area (Å²) in [6.07, 6.45) is 1.53. The number of anilines is 1. The number of unbranched alkanes of at least 4 members (excludes halogenated alkanes) is 1. The summed E-state index contributed by atoms with van der Waals surface area (Å²) in [4.78, 5) is 26.9. The number of carbonyl (C=O) groups is 2. The molecule has 7 nitrogen and oxygen atoms in total. The lowest BCUT2D eigenvalue weighted by Crippen LogP contribution is -2.66. The molecule has 6 rings (SSSR count). The van der Waals surface area contributed by atoms with Crippen LogP contribution in [-0.2, 0) is 20.6 Å². The van der Waals surface area contributed by atoms with Gasteiger partial charge in [0.1, 0.15) is 12.6 Å². The van der Waals surface area contributed by atoms with Crippen molar-refractivity contribution in [3.8, 4) is 11.1 Å². The summed E-state index contributed by atoms with van der Waals surface area (Å²) in [5, 5.41) is 11.4. The SMILES string of the molecule is CNCCCC[C@H](NC(=O)OCC1c2ccccc2-c2ccccc21)C(=O)Nc1ccc(CO[Si](c2ccccc2)(c2ccccc2)C(C)(C)C)cc1. The highest BCUT2D eigenvalue weighted by Crippen LogP contribution is 2.44. The van der Waals surface area contributed by atoms with Gasteiger partial charge in [0.2, 0.25) is 5.91 Å². The Kier molecular flexibility index (Phi) is 12.2. The van der Waals surface area contributed by atoms with Gasteiger partial charge in [0.05, 0.1) is 6.61 Å². The van der Waals surface area contributed by atoms with Gasteiger partial charge in [0.25, 0.3) is 8.32 Å². The average Bonchev–Trinajstić information content (AvgIpc) is 3.49. The molecule has 1 aliphatic rings. The molecular weight excluding hydrogens is 675 g/mol. The number of rotatable bonds is 15. The summed E-state index contributed by atoms with van der Waals surface area (Å²) in [5.41, 5.74) is 6.28. The molecule has 0 saturated carbocycles. The molecule has 1 atom stereocenters. The second-order valence-electron chi connectivity index (χ2n) is 14.8. The molecule has 3 N–H and O–H groups in total. The van der Waals surface area contributed by atoms with Crippen molar-refractivity contribution >= 4 is 36.4 Å². The molecule has 5 aromatic carbocycles. The number of hydrogen-bond acceptors (Lipinski definition) is 5. The highest BCUT2D eigenvalue weighted by molar-refractivity contribution is 6.99. The Balaban J connectivity index is 1.11. The van der Waals surface area contributed by atoms with Crippen molar-refractivity contribution in [3.63, 3.8) is 0 Å². The van der Waals surface area contributed by atoms with Gasteiger partial charge >= 0.3 is 6.09 Å². The molecule has 8 heteroatoms. The van der Waals surface area contributed by atoms with E-state index in [2.05, 4.69) is 110 Å². The van der Waals surface area contributed by atoms with E-state index >= 15 is 0 Å². The van der Waals surface area contributed by atoms with E-state index in [9.17, 15) is 9.59 Å². The lowest BCUT2D eigenvalue weighted by atomic mass is 9.98. The van der Waals surface area contributed by atoms with E-state index in [0.29, 0.717) is 18.7 Å². The van der Waals surface area contributed by atoms with Gasteiger partial charge < -0.3 is 25.1 Å². The maximum absolute atomic E-state index is 13.6. The van der Waals surface area contributed by atoms with E-state index in [1.165, 1.54) is 21.5 Å². The maximum Gasteiger partial charge on any atom is 0.407 e. The summed E-state index contributed by atoms with van der Waals surface area (Å²) in [5.74, 6) is -0.338. The molecule has 0 aromatic heterocycles. The molecule has 0 bridgehead atoms. The molecule has 0 spiro atoms. The largest absolute Gasteiger partial charge is 0.449 e. The van der Waals surface area contributed by atoms with Gasteiger partial charge in [-0.15, -0.1) is 0 Å². The number of alkyl carbamates (subject to hydrolysis) is 1. The molecule has 0 heterocycles. The zero-order chi connectivity index (χ0) is 37.3. The summed E-state index contributed by atoms with van der Waals surface area (Å²) in [6, 6.07) is 44.7. The van der Waals surface area contributed by atoms with Crippen LogP contribution in [0.25, 0.3) is 11.1 Å². The molecular formula is C45H51N3O4Si. The Morgan fingerprint density at radius 3 is 1.81 bits per heavy atom. The van der Waals surface area contributed by atoms with Gasteiger partial charge in [-0.2, -0.15) is 0 Å². The van der Waals surface area contributed by atoms with E-state index in [1.54, 1.807) is 0 Å². The lowest BCUT2D eigenvalue weighted by Gasteiger charge is -2.43. The van der Waals surface area contributed by atoms with Crippen molar-refractivity contribution in [1.29, 1.82) is 0 Å². The Morgan fingerprint density at radius 1 is 0.717 bits per heavy atom. The van der Waals surface area contributed by atoms with Crippen LogP contribution in [0.3, 0.4) is 0 Å². The third-order valence-corrected chi connectivity index (χ3v) is 15.2. The first kappa shape index (κ1) is 37.7. The van der Waals surface area contributed by atoms with Gasteiger partial charge in [-0.25, -0.2) is 4.79 Å². The Bertz CT molecular complexity index is 1880. The van der Waals surface area contributed by atoms with Crippen molar-refractivity contribution in [2.45, 2.75) is 63.6 Å². The van der Waals surface area contributed by atoms with Crippen molar-refractivity contribution in [2.75, 3.05) is 25.5 Å². The van der Waals surface area contributed by atoms with E-state index in [0.717, 1.165) is 36.1 Å². The molecule has 1 aliphatic carbocycles. The van der Waals surface area contributed by atoms with E-state index in [-0.39, 0.29) is 23.5 Å². The van der Waals surface area contributed by atoms with Crippen molar-refractivity contribution in [1.82, 2.24) is 10.6 Å². The fraction of sp³-hybridized carbons (Fsp3) is 0.289. The molecule has 5 aromatic rings. The monoisotopic (exact) mass is 725 g/mol. The number of carbonyl (C=O) groups excluding carboxylic acids is 2. The molecule has 0 aliphatic heterocycles. The van der Waals surface area contributed by atoms with Crippen LogP contribution in [0.4, 0.5) is 10.5 Å². The van der Waals surface area contributed by atoms with E-state index in [4.69, 9.17) is 9.16 Å². The predicted octanol–water partition coefficient (Wildman–Crippen LogP) is 8.00. The topological polar surface area (TPSA) is 88.7 Å². The maximum atomic E-state index is 13.6. The summed E-state index contributed by atoms with van der Waals surface area (Å²) in [7, 11) is -0.793. The zero-order valence-corrected chi connectivity index (χ0v) is 32.2. The highest BCUT2D eigenvalue weighted by Gasteiger charge is 2.50. The molecule has 0 unspecified atom stereocenters. The first-order valence-corrected chi connectivity index (χ1v) is 20.5. The number of ether oxygens (including phenoxy) is 1. The van der Waals surface area contributed by atoms with Crippen LogP contribution in [0.2, 0.25) is 5.04 Å². The zero-order valence-electron chi connectivity index (χ0n) is 31.2. The van der Waals surface area contributed by atoms with Gasteiger partial charge in [-0.05, 0) is 88.2 Å². The van der Waals surface area contributed by atoms with Crippen LogP contribution in [-0.4, -0.2) is 46.6 Å². The van der Waals surface area contributed by atoms with Crippen LogP contribution in [0.15, 0.2) is 133 Å². The average molecular weight is 726 g/mol. The molecule has 0 radical (unpaired) electrons. The minimum atomic E-state index is -2.70. The van der Waals surface area contributed by atoms with Gasteiger partial charge in [-0.3, -0.25) is 4.79 Å². The number of benzene rings is 5. The third-order valence-electron chi connectivity index (χ3n) is 10.2. The Morgan fingerprint density at radius 2 is 1.26 bits per heavy atom. The second kappa shape index (κ2) is 17.2. The van der Waals surface area contributed by atoms with Crippen molar-refractivity contribution in [2.24, 2.45) is 0 Å². The van der Waals surface area contributed by atoms with Crippen LogP contribution in [0.1, 0.15) is 62.6 Å². The number of fused-ring (bicyclic) bond motifs is 3. The molecule has 0 saturated heterocycles. The standard InChI is InChI=1S/C45H51N3O4Si/c1-45(2,3)53(35-17-7-5-8-18-35,36-19-9-6-10-20-36)52-31-33-26-28-34(29-27-33)47-43(49)42(25-15-16-30-46-4)48-44(50)51-32-41-39-23-13-11-21-37(39)38-22-12-14-24-40(38)41/h5-14,17-24,26-29,41-42,46H,15-16,25,30-32H2,1-4H3,(H,47,49)(H,48,50)/t42-/m0/s1. The van der Waals surface area contributed by atoms with Gasteiger partial charge in [0.15, 0.2) is 0 Å². The minimum absolute atomic E-state index is 0.0600. The lowest BCUT2D eigenvalue weighted by molar-refractivity contribution is -0.118. The number of amides is 2. The molecule has 0 fully saturated rings. The van der Waals surface area contributed by atoms with Crippen LogP contribution >= 0.6 is 0 Å². The van der Waals surface area contributed by atoms with E-state index < -0.39 is 20.5 Å². The van der Waals surface area contributed by atoms with Crippen LogP contribution < -0.4 is 26.3 Å². The summed E-state index contributed by atoms with van der Waals surface area (Å²) in [6.45, 7) is 8.25. The number of hydrogen-bond donors (Lipinski definition) is 3. The predicted molar refractivity (Wildman–Crippen MR) is 217 cm³/mol. The third kappa shape index (κ3) is 8.62.